The van der Waals surface area contributed by atoms with Crippen LogP contribution in [0.15, 0.2) is 0 Å². The largest absolute Gasteiger partial charge is 0 e. The van der Waals surface area contributed by atoms with Gasteiger partial charge in [0, 0.05) is 68.8 Å². The molecular formula is NNbTiV. The fourth-order valence-electron chi connectivity index (χ4n) is 0. The van der Waals surface area contributed by atoms with Crippen molar-refractivity contribution in [3.05, 3.63) is 0 Å². The minimum Gasteiger partial charge on any atom is 0 e. The van der Waals surface area contributed by atoms with E-state index in [-0.39, 0.29) is 68.8 Å². The molecule has 0 amide bonds. The van der Waals surface area contributed by atoms with Crippen LogP contribution in [0.1, 0.15) is 0 Å². The Bertz CT molecular complexity index is 8.00. The second-order valence-corrected chi connectivity index (χ2v) is 0. The second kappa shape index (κ2) is 20.0. The quantitative estimate of drug-likeness (QED) is 0.478. The van der Waals surface area contributed by atoms with Crippen LogP contribution in [-0.2, 0) is 62.7 Å². The van der Waals surface area contributed by atoms with Gasteiger partial charge in [0.25, 0.3) is 0 Å². The zero-order valence-electron chi connectivity index (χ0n) is 1.84. The van der Waals surface area contributed by atoms with Gasteiger partial charge in [-0.05, 0) is 0 Å². The van der Waals surface area contributed by atoms with Gasteiger partial charge in [-0.2, -0.15) is 0 Å². The van der Waals surface area contributed by atoms with Crippen molar-refractivity contribution in [2.45, 2.75) is 0 Å². The molecule has 4 heavy (non-hydrogen) atoms. The molecule has 0 spiro atoms. The van der Waals surface area contributed by atoms with Crippen LogP contribution in [0.3, 0.4) is 0 Å². The maximum atomic E-state index is 0. The Morgan fingerprint density at radius 1 is 1.00 bits per heavy atom. The topological polar surface area (TPSA) is 30.5 Å². The van der Waals surface area contributed by atoms with E-state index in [4.69, 9.17) is 0 Å². The molecule has 0 rings (SSSR count). The summed E-state index contributed by atoms with van der Waals surface area (Å²) in [5.74, 6) is 0. The molecule has 0 aromatic rings. The molecule has 0 atom stereocenters. The molecule has 0 saturated carbocycles. The summed E-state index contributed by atoms with van der Waals surface area (Å²) in [5, 5.41) is 0. The smallest absolute Gasteiger partial charge is 0 e. The third-order valence-electron chi connectivity index (χ3n) is 0. The summed E-state index contributed by atoms with van der Waals surface area (Å²) in [6.45, 7) is 0. The Hall–Kier alpha value is 2.00. The van der Waals surface area contributed by atoms with Crippen molar-refractivity contribution in [1.82, 2.24) is 6.15 Å². The second-order valence-electron chi connectivity index (χ2n) is 0. The first kappa shape index (κ1) is 37.5. The van der Waals surface area contributed by atoms with Crippen LogP contribution in [0.2, 0.25) is 0 Å². The Kier molecular flexibility index (Phi) is 188. The van der Waals surface area contributed by atoms with E-state index in [9.17, 15) is 0 Å². The van der Waals surface area contributed by atoms with Crippen molar-refractivity contribution in [2.24, 2.45) is 0 Å². The van der Waals surface area contributed by atoms with Crippen LogP contribution in [0.25, 0.3) is 0 Å². The van der Waals surface area contributed by atoms with Gasteiger partial charge in [0.1, 0.15) is 0 Å². The van der Waals surface area contributed by atoms with Crippen molar-refractivity contribution in [3.63, 3.8) is 0 Å². The SMILES string of the molecule is [N].[Nb].[Ti].[V]. The monoisotopic (exact) mass is 206 g/mol. The van der Waals surface area contributed by atoms with Gasteiger partial charge >= 0.3 is 0 Å². The first-order valence-electron chi connectivity index (χ1n) is 0. The number of hydrogen-bond acceptors (Lipinski definition) is 0. The molecule has 4 heteroatoms. The summed E-state index contributed by atoms with van der Waals surface area (Å²) in [7, 11) is 0. The molecule has 0 aliphatic carbocycles. The molecule has 0 saturated heterocycles. The molecule has 0 aromatic heterocycles. The molecule has 0 N–H and O–H groups in total. The van der Waals surface area contributed by atoms with E-state index >= 15 is 0 Å². The van der Waals surface area contributed by atoms with Gasteiger partial charge in [-0.3, -0.25) is 0 Å². The van der Waals surface area contributed by atoms with Crippen molar-refractivity contribution < 1.29 is 62.7 Å². The standard InChI is InChI=1S/N.Nb.Ti.V. The summed E-state index contributed by atoms with van der Waals surface area (Å²) in [4.78, 5) is 0. The Labute approximate surface area is 68.2 Å². The zero-order valence-corrected chi connectivity index (χ0v) is 7.00. The summed E-state index contributed by atoms with van der Waals surface area (Å²) in [6, 6.07) is 0. The fourth-order valence-corrected chi connectivity index (χ4v) is 0. The van der Waals surface area contributed by atoms with Crippen LogP contribution in [-0.4, -0.2) is 0 Å². The van der Waals surface area contributed by atoms with E-state index in [2.05, 4.69) is 0 Å². The van der Waals surface area contributed by atoms with Crippen LogP contribution >= 0.6 is 0 Å². The van der Waals surface area contributed by atoms with E-state index in [1.807, 2.05) is 0 Å². The van der Waals surface area contributed by atoms with Gasteiger partial charge in [-0.1, -0.05) is 0 Å². The van der Waals surface area contributed by atoms with Gasteiger partial charge in [0.15, 0.2) is 0 Å². The van der Waals surface area contributed by atoms with Crippen molar-refractivity contribution in [1.29, 1.82) is 0 Å². The van der Waals surface area contributed by atoms with Crippen molar-refractivity contribution in [2.75, 3.05) is 0 Å². The van der Waals surface area contributed by atoms with E-state index < -0.39 is 0 Å². The third kappa shape index (κ3) is 9.00. The summed E-state index contributed by atoms with van der Waals surface area (Å²) in [5.41, 5.74) is 0. The normalized spacial score (nSPS) is 0. The van der Waals surface area contributed by atoms with Crippen LogP contribution in [0.4, 0.5) is 0 Å². The first-order valence-corrected chi connectivity index (χ1v) is 0. The van der Waals surface area contributed by atoms with E-state index in [0.29, 0.717) is 0 Å². The van der Waals surface area contributed by atoms with Crippen LogP contribution in [0.5, 0.6) is 0 Å². The Morgan fingerprint density at radius 3 is 1.00 bits per heavy atom. The molecular weight excluding hydrogens is 206 g/mol. The molecule has 0 heterocycles. The summed E-state index contributed by atoms with van der Waals surface area (Å²) < 4.78 is 0. The molecule has 1 nitrogen and oxygen atoms in total. The molecule has 0 aliphatic rings. The Balaban J connectivity index is 0. The van der Waals surface area contributed by atoms with Gasteiger partial charge in [0.2, 0.25) is 0 Å². The molecule has 0 aliphatic heterocycles. The first-order chi connectivity index (χ1) is 0. The molecule has 0 fully saturated rings. The molecule has 5 radical (unpaired) electrons. The van der Waals surface area contributed by atoms with E-state index in [1.54, 1.807) is 0 Å². The van der Waals surface area contributed by atoms with E-state index in [0.717, 1.165) is 0 Å². The fraction of sp³-hybridized carbons (Fsp3) is 0. The van der Waals surface area contributed by atoms with Gasteiger partial charge in [-0.25, -0.2) is 0 Å². The zero-order chi connectivity index (χ0) is 0. The summed E-state index contributed by atoms with van der Waals surface area (Å²) >= 11 is 0. The van der Waals surface area contributed by atoms with Crippen molar-refractivity contribution >= 4 is 0 Å². The predicted octanol–water partition coefficient (Wildman–Crippen LogP) is -0.488. The average molecular weight is 206 g/mol. The maximum absolute atomic E-state index is 0. The number of rotatable bonds is 0. The number of nitrogens with zero attached hydrogens (tertiary/aromatic N) is 1. The maximum Gasteiger partial charge on any atom is 0 e. The van der Waals surface area contributed by atoms with Crippen LogP contribution < -0.4 is 6.15 Å². The average Bonchev–Trinajstić information content (AvgIpc) is 0. The number of hydrogen-bond donors (Lipinski definition) is 0. The molecule has 19 valence electrons. The minimum atomic E-state index is 0. The molecule has 0 aromatic carbocycles. The van der Waals surface area contributed by atoms with Crippen molar-refractivity contribution in [3.8, 4) is 0 Å². The minimum absolute atomic E-state index is 0. The van der Waals surface area contributed by atoms with E-state index in [1.165, 1.54) is 0 Å². The molecule has 0 bridgehead atoms. The van der Waals surface area contributed by atoms with Crippen LogP contribution in [0, 0.1) is 0 Å². The predicted molar refractivity (Wildman–Crippen MR) is 2.13 cm³/mol. The van der Waals surface area contributed by atoms with Gasteiger partial charge in [0.05, 0.1) is 0 Å². The Morgan fingerprint density at radius 2 is 1.00 bits per heavy atom. The molecule has 0 unspecified atom stereocenters. The van der Waals surface area contributed by atoms with Gasteiger partial charge < -0.3 is 0 Å². The third-order valence-corrected chi connectivity index (χ3v) is 0. The summed E-state index contributed by atoms with van der Waals surface area (Å²) in [6.07, 6.45) is 0. The van der Waals surface area contributed by atoms with Gasteiger partial charge in [-0.15, -0.1) is 0 Å².